The number of nitrogens with one attached hydrogen (secondary N) is 1. The fraction of sp³-hybridized carbons (Fsp3) is 0.348. The van der Waals surface area contributed by atoms with Gasteiger partial charge in [0.2, 0.25) is 5.91 Å². The maximum absolute atomic E-state index is 13.5. The molecule has 1 aromatic heterocycles. The van der Waals surface area contributed by atoms with E-state index in [0.717, 1.165) is 5.69 Å². The lowest BCUT2D eigenvalue weighted by Crippen LogP contribution is -2.29. The van der Waals surface area contributed by atoms with Gasteiger partial charge in [0.15, 0.2) is 5.75 Å². The molecule has 0 bridgehead atoms. The van der Waals surface area contributed by atoms with Crippen LogP contribution in [0.25, 0.3) is 0 Å². The highest BCUT2D eigenvalue weighted by Gasteiger charge is 2.62. The summed E-state index contributed by atoms with van der Waals surface area (Å²) in [6.07, 6.45) is 7.58. The molecular weight excluding hydrogens is 388 g/mol. The molecule has 3 atom stereocenters. The second-order valence-electron chi connectivity index (χ2n) is 7.93. The Labute approximate surface area is 173 Å². The molecule has 1 amide bonds. The molecule has 1 N–H and O–H groups in total. The van der Waals surface area contributed by atoms with Crippen molar-refractivity contribution < 1.29 is 18.3 Å². The van der Waals surface area contributed by atoms with Crippen molar-refractivity contribution in [3.05, 3.63) is 71.9 Å². The molecule has 2 aromatic rings. The molecule has 0 aliphatic heterocycles. The number of halogens is 2. The van der Waals surface area contributed by atoms with Crippen LogP contribution in [0.3, 0.4) is 0 Å². The number of carbonyl (C=O) groups is 1. The number of nitrogens with zero attached hydrogens (tertiary/aromatic N) is 2. The third-order valence-electron chi connectivity index (χ3n) is 5.89. The zero-order valence-electron chi connectivity index (χ0n) is 16.9. The van der Waals surface area contributed by atoms with Crippen molar-refractivity contribution in [1.29, 1.82) is 0 Å². The SMILES string of the molecule is Cc1ncc(OC[C@@]2(C3C=CC(F)=CC3)C[C@H]2C(=O)Nc2ccc(F)cc2)c(C)n1. The highest BCUT2D eigenvalue weighted by atomic mass is 19.1. The van der Waals surface area contributed by atoms with E-state index < -0.39 is 5.41 Å². The van der Waals surface area contributed by atoms with Crippen LogP contribution in [-0.4, -0.2) is 22.5 Å². The lowest BCUT2D eigenvalue weighted by atomic mass is 9.82. The summed E-state index contributed by atoms with van der Waals surface area (Å²) in [5, 5.41) is 2.85. The Balaban J connectivity index is 1.51. The van der Waals surface area contributed by atoms with Crippen LogP contribution in [0, 0.1) is 36.9 Å². The van der Waals surface area contributed by atoms with Gasteiger partial charge in [-0.1, -0.05) is 6.08 Å². The molecular formula is C23H23F2N3O2. The summed E-state index contributed by atoms with van der Waals surface area (Å²) in [5.41, 5.74) is 0.821. The Morgan fingerprint density at radius 2 is 2.03 bits per heavy atom. The first kappa shape index (κ1) is 20.2. The van der Waals surface area contributed by atoms with Gasteiger partial charge in [0, 0.05) is 17.0 Å². The average Bonchev–Trinajstić information content (AvgIpc) is 3.45. The van der Waals surface area contributed by atoms with E-state index >= 15 is 0 Å². The van der Waals surface area contributed by atoms with Gasteiger partial charge >= 0.3 is 0 Å². The molecule has 1 heterocycles. The molecule has 7 heteroatoms. The van der Waals surface area contributed by atoms with Crippen LogP contribution in [0.5, 0.6) is 5.75 Å². The smallest absolute Gasteiger partial charge is 0.228 e. The second kappa shape index (κ2) is 7.97. The van der Waals surface area contributed by atoms with E-state index in [1.165, 1.54) is 30.3 Å². The van der Waals surface area contributed by atoms with Crippen molar-refractivity contribution in [2.75, 3.05) is 11.9 Å². The van der Waals surface area contributed by atoms with Crippen molar-refractivity contribution in [1.82, 2.24) is 9.97 Å². The molecule has 1 aromatic carbocycles. The van der Waals surface area contributed by atoms with Crippen molar-refractivity contribution in [3.8, 4) is 5.75 Å². The van der Waals surface area contributed by atoms with Gasteiger partial charge in [-0.05, 0) is 69.0 Å². The van der Waals surface area contributed by atoms with Crippen molar-refractivity contribution in [2.45, 2.75) is 26.7 Å². The normalized spacial score (nSPS) is 24.9. The molecule has 1 saturated carbocycles. The molecule has 0 spiro atoms. The van der Waals surface area contributed by atoms with Crippen LogP contribution < -0.4 is 10.1 Å². The highest BCUT2D eigenvalue weighted by Crippen LogP contribution is 2.60. The Morgan fingerprint density at radius 1 is 1.27 bits per heavy atom. The second-order valence-corrected chi connectivity index (χ2v) is 7.93. The maximum atomic E-state index is 13.5. The number of aromatic nitrogens is 2. The summed E-state index contributed by atoms with van der Waals surface area (Å²) in [6, 6.07) is 5.66. The fourth-order valence-electron chi connectivity index (χ4n) is 4.06. The van der Waals surface area contributed by atoms with E-state index in [4.69, 9.17) is 4.74 Å². The molecule has 30 heavy (non-hydrogen) atoms. The van der Waals surface area contributed by atoms with Crippen LogP contribution in [-0.2, 0) is 4.79 Å². The first-order chi connectivity index (χ1) is 14.4. The molecule has 0 saturated heterocycles. The molecule has 2 aliphatic carbocycles. The molecule has 4 rings (SSSR count). The molecule has 1 unspecified atom stereocenters. The maximum Gasteiger partial charge on any atom is 0.228 e. The summed E-state index contributed by atoms with van der Waals surface area (Å²) >= 11 is 0. The van der Waals surface area contributed by atoms with Crippen molar-refractivity contribution in [3.63, 3.8) is 0 Å². The summed E-state index contributed by atoms with van der Waals surface area (Å²) in [6.45, 7) is 3.95. The van der Waals surface area contributed by atoms with Crippen molar-refractivity contribution in [2.24, 2.45) is 17.3 Å². The Bertz CT molecular complexity index is 1020. The van der Waals surface area contributed by atoms with E-state index in [1.54, 1.807) is 12.3 Å². The van der Waals surface area contributed by atoms with Gasteiger partial charge in [-0.2, -0.15) is 0 Å². The van der Waals surface area contributed by atoms with Crippen LogP contribution in [0.4, 0.5) is 14.5 Å². The number of ether oxygens (including phenoxy) is 1. The third kappa shape index (κ3) is 4.10. The summed E-state index contributed by atoms with van der Waals surface area (Å²) in [5.74, 6) is 0.146. The zero-order valence-corrected chi connectivity index (χ0v) is 16.9. The van der Waals surface area contributed by atoms with Gasteiger partial charge < -0.3 is 10.1 Å². The lowest BCUT2D eigenvalue weighted by Gasteiger charge is -2.27. The van der Waals surface area contributed by atoms with Crippen LogP contribution in [0.2, 0.25) is 0 Å². The van der Waals surface area contributed by atoms with Gasteiger partial charge in [0.25, 0.3) is 0 Å². The highest BCUT2D eigenvalue weighted by molar-refractivity contribution is 5.95. The lowest BCUT2D eigenvalue weighted by molar-refractivity contribution is -0.118. The Hall–Kier alpha value is -3.09. The summed E-state index contributed by atoms with van der Waals surface area (Å²) < 4.78 is 32.7. The standard InChI is InChI=1S/C23H23F2N3O2/c1-14-21(12-26-15(2)27-14)30-13-23(16-3-5-17(24)6-4-16)11-20(23)22(29)28-19-9-7-18(25)8-10-19/h3,5-10,12,16,20H,4,11,13H2,1-2H3,(H,28,29)/t16?,20-,23+/m0/s1. The van der Waals surface area contributed by atoms with E-state index in [2.05, 4.69) is 15.3 Å². The summed E-state index contributed by atoms with van der Waals surface area (Å²) in [7, 11) is 0. The summed E-state index contributed by atoms with van der Waals surface area (Å²) in [4.78, 5) is 21.4. The van der Waals surface area contributed by atoms with Crippen LogP contribution in [0.15, 0.2) is 54.5 Å². The van der Waals surface area contributed by atoms with Crippen molar-refractivity contribution >= 4 is 11.6 Å². The van der Waals surface area contributed by atoms with Crippen LogP contribution >= 0.6 is 0 Å². The monoisotopic (exact) mass is 411 g/mol. The average molecular weight is 411 g/mol. The number of anilines is 1. The van der Waals surface area contributed by atoms with E-state index in [9.17, 15) is 13.6 Å². The predicted molar refractivity (Wildman–Crippen MR) is 109 cm³/mol. The molecule has 2 aliphatic rings. The first-order valence-electron chi connectivity index (χ1n) is 9.91. The van der Waals surface area contributed by atoms with Gasteiger partial charge in [-0.3, -0.25) is 4.79 Å². The number of hydrogen-bond donors (Lipinski definition) is 1. The number of aryl methyl sites for hydroxylation is 2. The number of hydrogen-bond acceptors (Lipinski definition) is 4. The fourth-order valence-corrected chi connectivity index (χ4v) is 4.06. The minimum absolute atomic E-state index is 0.0207. The number of carbonyl (C=O) groups excluding carboxylic acids is 1. The first-order valence-corrected chi connectivity index (χ1v) is 9.91. The van der Waals surface area contributed by atoms with E-state index in [-0.39, 0.29) is 29.4 Å². The Morgan fingerprint density at radius 3 is 2.70 bits per heavy atom. The third-order valence-corrected chi connectivity index (χ3v) is 5.89. The molecule has 156 valence electrons. The molecule has 1 fully saturated rings. The topological polar surface area (TPSA) is 64.1 Å². The Kier molecular flexibility index (Phi) is 5.37. The zero-order chi connectivity index (χ0) is 21.3. The van der Waals surface area contributed by atoms with Gasteiger partial charge in [0.1, 0.15) is 17.5 Å². The quantitative estimate of drug-likeness (QED) is 0.749. The largest absolute Gasteiger partial charge is 0.489 e. The minimum Gasteiger partial charge on any atom is -0.489 e. The van der Waals surface area contributed by atoms with Gasteiger partial charge in [-0.15, -0.1) is 0 Å². The molecule has 0 radical (unpaired) electrons. The minimum atomic E-state index is -0.449. The molecule has 5 nitrogen and oxygen atoms in total. The van der Waals surface area contributed by atoms with E-state index in [0.29, 0.717) is 36.7 Å². The number of benzene rings is 1. The van der Waals surface area contributed by atoms with E-state index in [1.807, 2.05) is 19.9 Å². The number of allylic oxidation sites excluding steroid dienone is 4. The predicted octanol–water partition coefficient (Wildman–Crippen LogP) is 4.69. The van der Waals surface area contributed by atoms with Gasteiger partial charge in [-0.25, -0.2) is 18.7 Å². The number of rotatable bonds is 6. The van der Waals surface area contributed by atoms with Crippen LogP contribution in [0.1, 0.15) is 24.4 Å². The van der Waals surface area contributed by atoms with Gasteiger partial charge in [0.05, 0.1) is 18.5 Å². The number of amides is 1.